The molecule has 1 aromatic carbocycles. The Labute approximate surface area is 85.8 Å². The number of phenols is 1. The number of rotatable bonds is 2. The highest BCUT2D eigenvalue weighted by atomic mass is 16.4. The van der Waals surface area contributed by atoms with Crippen molar-refractivity contribution in [3.8, 4) is 5.75 Å². The summed E-state index contributed by atoms with van der Waals surface area (Å²) in [5.41, 5.74) is 0.498. The van der Waals surface area contributed by atoms with Gasteiger partial charge < -0.3 is 14.6 Å². The maximum absolute atomic E-state index is 10.7. The number of aromatic hydroxyl groups is 1. The first-order valence-electron chi connectivity index (χ1n) is 4.54. The number of carboxylic acids is 1. The first kappa shape index (κ1) is 9.58. The molecule has 0 aliphatic rings. The van der Waals surface area contributed by atoms with Crippen LogP contribution < -0.4 is 0 Å². The molecule has 2 aromatic rings. The number of hydrogen-bond donors (Lipinski definition) is 2. The lowest BCUT2D eigenvalue weighted by atomic mass is 10.1. The number of carbonyl (C=O) groups is 1. The summed E-state index contributed by atoms with van der Waals surface area (Å²) in [6.07, 6.45) is 0. The van der Waals surface area contributed by atoms with E-state index in [9.17, 15) is 9.90 Å². The van der Waals surface area contributed by atoms with Gasteiger partial charge in [0.2, 0.25) is 0 Å². The van der Waals surface area contributed by atoms with E-state index >= 15 is 0 Å². The van der Waals surface area contributed by atoms with Crippen molar-refractivity contribution in [2.45, 2.75) is 12.8 Å². The first-order valence-corrected chi connectivity index (χ1v) is 4.54. The SMILES string of the molecule is CC(C(=O)O)c1cc2c(O)cccc2o1. The Morgan fingerprint density at radius 1 is 1.47 bits per heavy atom. The lowest BCUT2D eigenvalue weighted by Crippen LogP contribution is -2.05. The second-order valence-electron chi connectivity index (χ2n) is 3.40. The van der Waals surface area contributed by atoms with Crippen molar-refractivity contribution in [3.63, 3.8) is 0 Å². The summed E-state index contributed by atoms with van der Waals surface area (Å²) in [4.78, 5) is 10.7. The highest BCUT2D eigenvalue weighted by Crippen LogP contribution is 2.30. The minimum absolute atomic E-state index is 0.0973. The van der Waals surface area contributed by atoms with Gasteiger partial charge in [0, 0.05) is 0 Å². The molecule has 0 bridgehead atoms. The van der Waals surface area contributed by atoms with Crippen LogP contribution in [0.5, 0.6) is 5.75 Å². The summed E-state index contributed by atoms with van der Waals surface area (Å²) < 4.78 is 5.33. The van der Waals surface area contributed by atoms with E-state index in [1.54, 1.807) is 18.2 Å². The number of carboxylic acid groups (broad SMARTS) is 1. The molecule has 4 nitrogen and oxygen atoms in total. The van der Waals surface area contributed by atoms with E-state index in [0.717, 1.165) is 0 Å². The van der Waals surface area contributed by atoms with E-state index in [0.29, 0.717) is 16.7 Å². The topological polar surface area (TPSA) is 70.7 Å². The van der Waals surface area contributed by atoms with Gasteiger partial charge in [0.25, 0.3) is 0 Å². The van der Waals surface area contributed by atoms with Crippen LogP contribution in [0.1, 0.15) is 18.6 Å². The molecular formula is C11H10O4. The molecule has 1 unspecified atom stereocenters. The molecule has 15 heavy (non-hydrogen) atoms. The molecule has 0 saturated carbocycles. The fourth-order valence-corrected chi connectivity index (χ4v) is 1.40. The predicted octanol–water partition coefficient (Wildman–Crippen LogP) is 2.33. The molecule has 0 aliphatic carbocycles. The summed E-state index contributed by atoms with van der Waals surface area (Å²) in [5.74, 6) is -1.22. The zero-order chi connectivity index (χ0) is 11.0. The summed E-state index contributed by atoms with van der Waals surface area (Å²) in [7, 11) is 0. The van der Waals surface area contributed by atoms with Gasteiger partial charge in [0.15, 0.2) is 0 Å². The van der Waals surface area contributed by atoms with E-state index < -0.39 is 11.9 Å². The molecule has 78 valence electrons. The van der Waals surface area contributed by atoms with E-state index in [-0.39, 0.29) is 5.75 Å². The standard InChI is InChI=1S/C11H10O4/c1-6(11(13)14)10-5-7-8(12)3-2-4-9(7)15-10/h2-6,12H,1H3,(H,13,14). The van der Waals surface area contributed by atoms with Crippen LogP contribution in [0.15, 0.2) is 28.7 Å². The van der Waals surface area contributed by atoms with Gasteiger partial charge in [-0.15, -0.1) is 0 Å². The molecule has 0 aliphatic heterocycles. The third-order valence-electron chi connectivity index (χ3n) is 2.35. The Morgan fingerprint density at radius 2 is 2.20 bits per heavy atom. The fraction of sp³-hybridized carbons (Fsp3) is 0.182. The molecule has 2 N–H and O–H groups in total. The minimum atomic E-state index is -0.950. The van der Waals surface area contributed by atoms with Gasteiger partial charge in [-0.2, -0.15) is 0 Å². The predicted molar refractivity (Wildman–Crippen MR) is 53.9 cm³/mol. The molecule has 1 atom stereocenters. The number of benzene rings is 1. The number of hydrogen-bond acceptors (Lipinski definition) is 3. The number of phenolic OH excluding ortho intramolecular Hbond substituents is 1. The molecule has 0 fully saturated rings. The Hall–Kier alpha value is -1.97. The Bertz CT molecular complexity index is 512. The van der Waals surface area contributed by atoms with E-state index in [4.69, 9.17) is 9.52 Å². The van der Waals surface area contributed by atoms with E-state index in [1.165, 1.54) is 13.0 Å². The molecule has 4 heteroatoms. The van der Waals surface area contributed by atoms with Crippen molar-refractivity contribution in [2.24, 2.45) is 0 Å². The third kappa shape index (κ3) is 1.54. The summed E-state index contributed by atoms with van der Waals surface area (Å²) in [6.45, 7) is 1.54. The lowest BCUT2D eigenvalue weighted by molar-refractivity contribution is -0.138. The third-order valence-corrected chi connectivity index (χ3v) is 2.35. The van der Waals surface area contributed by atoms with Crippen LogP contribution in [0.3, 0.4) is 0 Å². The summed E-state index contributed by atoms with van der Waals surface area (Å²) in [6, 6.07) is 6.43. The van der Waals surface area contributed by atoms with Crippen molar-refractivity contribution in [2.75, 3.05) is 0 Å². The Kier molecular flexibility index (Phi) is 2.11. The van der Waals surface area contributed by atoms with Crippen LogP contribution in [0.25, 0.3) is 11.0 Å². The monoisotopic (exact) mass is 206 g/mol. The molecule has 0 amide bonds. The number of aliphatic carboxylic acids is 1. The zero-order valence-corrected chi connectivity index (χ0v) is 8.10. The van der Waals surface area contributed by atoms with Gasteiger partial charge in [-0.25, -0.2) is 0 Å². The lowest BCUT2D eigenvalue weighted by Gasteiger charge is -1.99. The van der Waals surface area contributed by atoms with Gasteiger partial charge >= 0.3 is 5.97 Å². The second kappa shape index (κ2) is 3.31. The minimum Gasteiger partial charge on any atom is -0.507 e. The Balaban J connectivity index is 2.56. The molecule has 1 heterocycles. The van der Waals surface area contributed by atoms with Gasteiger partial charge in [-0.1, -0.05) is 6.07 Å². The highest BCUT2D eigenvalue weighted by Gasteiger charge is 2.19. The first-order chi connectivity index (χ1) is 7.09. The van der Waals surface area contributed by atoms with Gasteiger partial charge in [0.05, 0.1) is 5.39 Å². The van der Waals surface area contributed by atoms with Gasteiger partial charge in [-0.3, -0.25) is 4.79 Å². The average Bonchev–Trinajstić information content (AvgIpc) is 2.61. The molecule has 1 aromatic heterocycles. The normalized spacial score (nSPS) is 12.9. The number of fused-ring (bicyclic) bond motifs is 1. The highest BCUT2D eigenvalue weighted by molar-refractivity contribution is 5.86. The van der Waals surface area contributed by atoms with Crippen molar-refractivity contribution in [1.29, 1.82) is 0 Å². The van der Waals surface area contributed by atoms with Crippen molar-refractivity contribution in [3.05, 3.63) is 30.0 Å². The van der Waals surface area contributed by atoms with E-state index in [2.05, 4.69) is 0 Å². The van der Waals surface area contributed by atoms with Gasteiger partial charge in [-0.05, 0) is 25.1 Å². The zero-order valence-electron chi connectivity index (χ0n) is 8.10. The average molecular weight is 206 g/mol. The molecule has 0 radical (unpaired) electrons. The van der Waals surface area contributed by atoms with Crippen LogP contribution >= 0.6 is 0 Å². The van der Waals surface area contributed by atoms with Crippen molar-refractivity contribution >= 4 is 16.9 Å². The summed E-state index contributed by atoms with van der Waals surface area (Å²) in [5, 5.41) is 18.8. The van der Waals surface area contributed by atoms with Crippen LogP contribution in [-0.2, 0) is 4.79 Å². The fourth-order valence-electron chi connectivity index (χ4n) is 1.40. The van der Waals surface area contributed by atoms with Crippen LogP contribution in [0.4, 0.5) is 0 Å². The smallest absolute Gasteiger partial charge is 0.313 e. The van der Waals surface area contributed by atoms with Gasteiger partial charge in [0.1, 0.15) is 23.0 Å². The van der Waals surface area contributed by atoms with Crippen LogP contribution in [-0.4, -0.2) is 16.2 Å². The second-order valence-corrected chi connectivity index (χ2v) is 3.40. The maximum Gasteiger partial charge on any atom is 0.313 e. The molecule has 2 rings (SSSR count). The van der Waals surface area contributed by atoms with Crippen molar-refractivity contribution in [1.82, 2.24) is 0 Å². The van der Waals surface area contributed by atoms with Crippen LogP contribution in [0, 0.1) is 0 Å². The quantitative estimate of drug-likeness (QED) is 0.791. The Morgan fingerprint density at radius 3 is 2.80 bits per heavy atom. The molecular weight excluding hydrogens is 196 g/mol. The number of furan rings is 1. The van der Waals surface area contributed by atoms with Crippen molar-refractivity contribution < 1.29 is 19.4 Å². The summed E-state index contributed by atoms with van der Waals surface area (Å²) >= 11 is 0. The van der Waals surface area contributed by atoms with Crippen LogP contribution in [0.2, 0.25) is 0 Å². The molecule has 0 saturated heterocycles. The largest absolute Gasteiger partial charge is 0.507 e. The maximum atomic E-state index is 10.7. The molecule has 0 spiro atoms. The van der Waals surface area contributed by atoms with E-state index in [1.807, 2.05) is 0 Å².